The van der Waals surface area contributed by atoms with Crippen molar-refractivity contribution in [3.05, 3.63) is 5.01 Å². The van der Waals surface area contributed by atoms with Gasteiger partial charge < -0.3 is 0 Å². The zero-order valence-corrected chi connectivity index (χ0v) is 8.09. The van der Waals surface area contributed by atoms with Crippen LogP contribution >= 0.6 is 22.2 Å². The third-order valence-corrected chi connectivity index (χ3v) is 4.03. The zero-order valence-electron chi connectivity index (χ0n) is 6.38. The molecular weight excluding hydrogens is 209 g/mol. The molecule has 12 heavy (non-hydrogen) atoms. The molecule has 2 nitrogen and oxygen atoms in total. The summed E-state index contributed by atoms with van der Waals surface area (Å²) in [5.41, 5.74) is 0. The molecule has 0 aromatic carbocycles. The van der Waals surface area contributed by atoms with Crippen molar-refractivity contribution < 1.29 is 13.2 Å². The fourth-order valence-electron chi connectivity index (χ4n) is 0.511. The van der Waals surface area contributed by atoms with E-state index in [0.717, 1.165) is 0 Å². The van der Waals surface area contributed by atoms with Crippen molar-refractivity contribution in [2.45, 2.75) is 10.5 Å². The van der Waals surface area contributed by atoms with E-state index in [1.54, 1.807) is 0 Å². The van der Waals surface area contributed by atoms with Crippen LogP contribution in [0, 0.1) is 0 Å². The number of hydrogen-bond donors (Lipinski definition) is 1. The van der Waals surface area contributed by atoms with Gasteiger partial charge in [0.05, 0.1) is 0 Å². The first-order valence-corrected chi connectivity index (χ1v) is 6.04. The maximum atomic E-state index is 12.0. The van der Waals surface area contributed by atoms with Crippen LogP contribution in [-0.4, -0.2) is 22.7 Å². The minimum atomic E-state index is -4.35. The molecule has 1 aromatic rings. The summed E-state index contributed by atoms with van der Waals surface area (Å²) in [7, 11) is -0.577. The topological polar surface area (TPSA) is 25.8 Å². The quantitative estimate of drug-likeness (QED) is 0.728. The Kier molecular flexibility index (Phi) is 2.62. The Labute approximate surface area is 74.2 Å². The van der Waals surface area contributed by atoms with Gasteiger partial charge in [-0.15, -0.1) is 10.2 Å². The van der Waals surface area contributed by atoms with Crippen LogP contribution in [0.15, 0.2) is 4.34 Å². The molecule has 0 unspecified atom stereocenters. The Balaban J connectivity index is 2.92. The average molecular weight is 216 g/mol. The van der Waals surface area contributed by atoms with Gasteiger partial charge in [0.15, 0.2) is 4.34 Å². The molecule has 0 atom stereocenters. The van der Waals surface area contributed by atoms with Crippen molar-refractivity contribution in [2.75, 3.05) is 12.5 Å². The van der Waals surface area contributed by atoms with Crippen LogP contribution in [0.5, 0.6) is 0 Å². The largest absolute Gasteiger partial charge is 0.445 e. The van der Waals surface area contributed by atoms with E-state index >= 15 is 0 Å². The molecule has 0 amide bonds. The lowest BCUT2D eigenvalue weighted by Gasteiger charge is -2.00. The summed E-state index contributed by atoms with van der Waals surface area (Å²) in [5.74, 6) is 0. The lowest BCUT2D eigenvalue weighted by molar-refractivity contribution is -0.138. The Hall–Kier alpha value is -0.300. The van der Waals surface area contributed by atoms with Gasteiger partial charge in [0, 0.05) is 0 Å². The van der Waals surface area contributed by atoms with Crippen LogP contribution in [0.1, 0.15) is 5.01 Å². The molecule has 1 aromatic heterocycles. The Bertz CT molecular complexity index is 268. The third-order valence-electron chi connectivity index (χ3n) is 1.04. The van der Waals surface area contributed by atoms with Gasteiger partial charge in [-0.05, 0) is 12.5 Å². The normalized spacial score (nSPS) is 13.2. The number of hydrogen-bond acceptors (Lipinski definition) is 3. The summed E-state index contributed by atoms with van der Waals surface area (Å²) in [4.78, 5) is 0. The monoisotopic (exact) mass is 216 g/mol. The van der Waals surface area contributed by atoms with E-state index in [0.29, 0.717) is 15.7 Å². The van der Waals surface area contributed by atoms with E-state index in [-0.39, 0.29) is 0 Å². The van der Waals surface area contributed by atoms with Crippen LogP contribution in [0.2, 0.25) is 0 Å². The van der Waals surface area contributed by atoms with Crippen molar-refractivity contribution in [3.63, 3.8) is 0 Å². The summed E-state index contributed by atoms with van der Waals surface area (Å²) in [6.07, 6.45) is -0.659. The highest BCUT2D eigenvalue weighted by Crippen LogP contribution is 2.37. The first kappa shape index (κ1) is 9.79. The molecule has 0 N–H and O–H groups in total. The van der Waals surface area contributed by atoms with E-state index in [9.17, 15) is 13.2 Å². The summed E-state index contributed by atoms with van der Waals surface area (Å²) in [6.45, 7) is 0. The van der Waals surface area contributed by atoms with Crippen LogP contribution in [0.4, 0.5) is 13.2 Å². The Morgan fingerprint density at radius 2 is 1.83 bits per heavy atom. The maximum Gasteiger partial charge on any atom is 0.445 e. The molecule has 0 saturated heterocycles. The second-order valence-electron chi connectivity index (χ2n) is 2.28. The molecule has 0 aliphatic heterocycles. The number of alkyl halides is 3. The van der Waals surface area contributed by atoms with Crippen molar-refractivity contribution in [3.8, 4) is 0 Å². The number of rotatable bonds is 1. The van der Waals surface area contributed by atoms with Crippen molar-refractivity contribution in [1.82, 2.24) is 10.2 Å². The van der Waals surface area contributed by atoms with E-state index in [4.69, 9.17) is 0 Å². The van der Waals surface area contributed by atoms with Crippen molar-refractivity contribution in [2.24, 2.45) is 0 Å². The highest BCUT2D eigenvalue weighted by molar-refractivity contribution is 8.17. The smallest absolute Gasteiger partial charge is 0.205 e. The predicted molar refractivity (Wildman–Crippen MR) is 44.0 cm³/mol. The first-order valence-electron chi connectivity index (χ1n) is 2.99. The molecule has 0 saturated carbocycles. The van der Waals surface area contributed by atoms with E-state index in [2.05, 4.69) is 10.2 Å². The minimum Gasteiger partial charge on any atom is -0.205 e. The minimum absolute atomic E-state index is 0.484. The molecule has 1 rings (SSSR count). The standard InChI is InChI=1S/C5H7F3N2S2/c1-12(2)4-10-9-3(11-4)5(6,7)8/h12H,1-2H3. The molecule has 7 heteroatoms. The van der Waals surface area contributed by atoms with Crippen molar-refractivity contribution >= 4 is 22.2 Å². The zero-order chi connectivity index (χ0) is 9.35. The third kappa shape index (κ3) is 2.10. The van der Waals surface area contributed by atoms with Crippen LogP contribution in [-0.2, 0) is 6.18 Å². The van der Waals surface area contributed by atoms with E-state index < -0.39 is 22.1 Å². The number of thiol groups is 1. The molecule has 0 spiro atoms. The fourth-order valence-corrected chi connectivity index (χ4v) is 2.18. The SMILES string of the molecule is C[SH](C)c1nnc(C(F)(F)F)s1. The molecule has 0 fully saturated rings. The number of nitrogens with zero attached hydrogens (tertiary/aromatic N) is 2. The van der Waals surface area contributed by atoms with E-state index in [1.165, 1.54) is 0 Å². The lowest BCUT2D eigenvalue weighted by atomic mass is 10.7. The second-order valence-corrected chi connectivity index (χ2v) is 5.77. The Morgan fingerprint density at radius 1 is 1.25 bits per heavy atom. The van der Waals surface area contributed by atoms with Crippen LogP contribution in [0.3, 0.4) is 0 Å². The van der Waals surface area contributed by atoms with Gasteiger partial charge in [-0.1, -0.05) is 11.3 Å². The molecular formula is C5H7F3N2S2. The predicted octanol–water partition coefficient (Wildman–Crippen LogP) is 2.18. The maximum absolute atomic E-state index is 12.0. The first-order chi connectivity index (χ1) is 5.41. The highest BCUT2D eigenvalue weighted by Gasteiger charge is 2.35. The van der Waals surface area contributed by atoms with Crippen LogP contribution in [0.25, 0.3) is 0 Å². The molecule has 0 radical (unpaired) electrons. The fraction of sp³-hybridized carbons (Fsp3) is 0.600. The van der Waals surface area contributed by atoms with E-state index in [1.807, 2.05) is 12.5 Å². The summed E-state index contributed by atoms with van der Waals surface area (Å²) >= 11 is 0.630. The van der Waals surface area contributed by atoms with Gasteiger partial charge in [-0.3, -0.25) is 0 Å². The molecule has 0 aliphatic carbocycles. The summed E-state index contributed by atoms with van der Waals surface area (Å²) in [6, 6.07) is 0. The highest BCUT2D eigenvalue weighted by atomic mass is 32.2. The average Bonchev–Trinajstić information content (AvgIpc) is 2.30. The van der Waals surface area contributed by atoms with Gasteiger partial charge in [-0.2, -0.15) is 13.2 Å². The molecule has 0 aliphatic rings. The van der Waals surface area contributed by atoms with Crippen LogP contribution < -0.4 is 0 Å². The molecule has 70 valence electrons. The Morgan fingerprint density at radius 3 is 2.08 bits per heavy atom. The molecule has 1 heterocycles. The second kappa shape index (κ2) is 3.21. The van der Waals surface area contributed by atoms with Crippen molar-refractivity contribution in [1.29, 1.82) is 0 Å². The lowest BCUT2D eigenvalue weighted by Crippen LogP contribution is -2.03. The van der Waals surface area contributed by atoms with Gasteiger partial charge in [0.25, 0.3) is 0 Å². The molecule has 0 bridgehead atoms. The van der Waals surface area contributed by atoms with Gasteiger partial charge in [0.1, 0.15) is 0 Å². The summed E-state index contributed by atoms with van der Waals surface area (Å²) < 4.78 is 36.4. The van der Waals surface area contributed by atoms with Gasteiger partial charge >= 0.3 is 6.18 Å². The van der Waals surface area contributed by atoms with Gasteiger partial charge in [0.2, 0.25) is 5.01 Å². The summed E-state index contributed by atoms with van der Waals surface area (Å²) in [5, 5.41) is 5.67. The number of aromatic nitrogens is 2. The van der Waals surface area contributed by atoms with Gasteiger partial charge in [-0.25, -0.2) is 10.9 Å². The number of halogens is 3.